The van der Waals surface area contributed by atoms with Crippen molar-refractivity contribution < 1.29 is 9.90 Å². The highest BCUT2D eigenvalue weighted by Gasteiger charge is 2.19. The first-order chi connectivity index (χ1) is 6.05. The second-order valence-electron chi connectivity index (χ2n) is 3.43. The van der Waals surface area contributed by atoms with E-state index < -0.39 is 5.60 Å². The molecule has 0 aromatic carbocycles. The molecule has 0 fully saturated rings. The first kappa shape index (κ1) is 9.92. The van der Waals surface area contributed by atoms with Gasteiger partial charge in [0.2, 0.25) is 0 Å². The number of aliphatic hydroxyl groups is 1. The van der Waals surface area contributed by atoms with Crippen LogP contribution < -0.4 is 0 Å². The first-order valence-electron chi connectivity index (χ1n) is 4.20. The fraction of sp³-hybridized carbons (Fsp3) is 0.556. The predicted octanol–water partition coefficient (Wildman–Crippen LogP) is 0.303. The molecule has 0 saturated heterocycles. The summed E-state index contributed by atoms with van der Waals surface area (Å²) in [5.74, 6) is 0.877. The third kappa shape index (κ3) is 2.66. The quantitative estimate of drug-likeness (QED) is 0.681. The van der Waals surface area contributed by atoms with Crippen molar-refractivity contribution >= 4 is 6.29 Å². The van der Waals surface area contributed by atoms with Crippen LogP contribution in [0, 0.1) is 0 Å². The maximum absolute atomic E-state index is 10.4. The van der Waals surface area contributed by atoms with E-state index in [4.69, 9.17) is 0 Å². The average molecular weight is 182 g/mol. The molecule has 72 valence electrons. The van der Waals surface area contributed by atoms with Gasteiger partial charge in [0.05, 0.1) is 0 Å². The Balaban J connectivity index is 2.53. The fourth-order valence-corrected chi connectivity index (χ4v) is 1.06. The Morgan fingerprint density at radius 3 is 2.92 bits per heavy atom. The molecular weight excluding hydrogens is 168 g/mol. The van der Waals surface area contributed by atoms with Gasteiger partial charge >= 0.3 is 0 Å². The molecule has 4 heteroatoms. The van der Waals surface area contributed by atoms with E-state index >= 15 is 0 Å². The predicted molar refractivity (Wildman–Crippen MR) is 48.2 cm³/mol. The molecule has 0 aliphatic carbocycles. The third-order valence-corrected chi connectivity index (χ3v) is 2.03. The van der Waals surface area contributed by atoms with Crippen molar-refractivity contribution in [3.05, 3.63) is 18.2 Å². The molecule has 1 N–H and O–H groups in total. The van der Waals surface area contributed by atoms with E-state index in [1.165, 1.54) is 6.92 Å². The topological polar surface area (TPSA) is 55.1 Å². The summed E-state index contributed by atoms with van der Waals surface area (Å²) in [4.78, 5) is 14.5. The summed E-state index contributed by atoms with van der Waals surface area (Å²) in [6.07, 6.45) is 5.11. The smallest absolute Gasteiger partial charge is 0.151 e. The highest BCUT2D eigenvalue weighted by atomic mass is 16.3. The van der Waals surface area contributed by atoms with Gasteiger partial charge in [-0.1, -0.05) is 0 Å². The highest BCUT2D eigenvalue weighted by Crippen LogP contribution is 2.09. The van der Waals surface area contributed by atoms with Crippen molar-refractivity contribution in [3.8, 4) is 0 Å². The molecule has 1 aromatic heterocycles. The molecule has 0 radical (unpaired) electrons. The molecule has 1 rings (SSSR count). The minimum absolute atomic E-state index is 0.404. The summed E-state index contributed by atoms with van der Waals surface area (Å²) >= 11 is 0. The largest absolute Gasteiger partial charge is 0.383 e. The van der Waals surface area contributed by atoms with Gasteiger partial charge in [-0.3, -0.25) is 0 Å². The van der Waals surface area contributed by atoms with Crippen LogP contribution in [-0.4, -0.2) is 26.5 Å². The zero-order chi connectivity index (χ0) is 9.90. The molecule has 13 heavy (non-hydrogen) atoms. The average Bonchev–Trinajstić information content (AvgIpc) is 2.48. The van der Waals surface area contributed by atoms with Crippen molar-refractivity contribution in [3.63, 3.8) is 0 Å². The van der Waals surface area contributed by atoms with Gasteiger partial charge in [-0.05, 0) is 13.3 Å². The van der Waals surface area contributed by atoms with Gasteiger partial charge in [-0.25, -0.2) is 4.98 Å². The molecule has 1 aromatic rings. The lowest BCUT2D eigenvalue weighted by Gasteiger charge is -2.14. The van der Waals surface area contributed by atoms with Crippen molar-refractivity contribution in [2.24, 2.45) is 7.05 Å². The van der Waals surface area contributed by atoms with Crippen LogP contribution in [0.5, 0.6) is 0 Å². The maximum Gasteiger partial charge on any atom is 0.151 e. The Morgan fingerprint density at radius 1 is 1.77 bits per heavy atom. The van der Waals surface area contributed by atoms with Gasteiger partial charge in [0.15, 0.2) is 6.29 Å². The number of hydrogen-bond acceptors (Lipinski definition) is 3. The van der Waals surface area contributed by atoms with Gasteiger partial charge in [0, 0.05) is 25.9 Å². The van der Waals surface area contributed by atoms with Gasteiger partial charge < -0.3 is 14.5 Å². The Hall–Kier alpha value is -1.16. The van der Waals surface area contributed by atoms with Gasteiger partial charge in [-0.15, -0.1) is 0 Å². The number of carbonyl (C=O) groups is 1. The zero-order valence-corrected chi connectivity index (χ0v) is 7.90. The lowest BCUT2D eigenvalue weighted by molar-refractivity contribution is -0.122. The number of rotatable bonds is 4. The van der Waals surface area contributed by atoms with E-state index in [1.54, 1.807) is 6.20 Å². The van der Waals surface area contributed by atoms with Crippen molar-refractivity contribution in [1.29, 1.82) is 0 Å². The molecule has 1 unspecified atom stereocenters. The van der Waals surface area contributed by atoms with E-state index in [1.807, 2.05) is 17.8 Å². The zero-order valence-electron chi connectivity index (χ0n) is 7.90. The van der Waals surface area contributed by atoms with Crippen LogP contribution in [0.1, 0.15) is 19.2 Å². The third-order valence-electron chi connectivity index (χ3n) is 2.03. The van der Waals surface area contributed by atoms with E-state index in [2.05, 4.69) is 4.98 Å². The molecule has 0 aliphatic rings. The van der Waals surface area contributed by atoms with Gasteiger partial charge in [0.25, 0.3) is 0 Å². The molecule has 0 amide bonds. The second-order valence-corrected chi connectivity index (χ2v) is 3.43. The van der Waals surface area contributed by atoms with Crippen LogP contribution in [0.2, 0.25) is 0 Å². The Bertz CT molecular complexity index is 292. The molecule has 0 aliphatic heterocycles. The fourth-order valence-electron chi connectivity index (χ4n) is 1.06. The summed E-state index contributed by atoms with van der Waals surface area (Å²) in [6, 6.07) is 0. The minimum atomic E-state index is -1.23. The number of nitrogens with zero attached hydrogens (tertiary/aromatic N) is 2. The second kappa shape index (κ2) is 3.70. The summed E-state index contributed by atoms with van der Waals surface area (Å²) in [5.41, 5.74) is -1.23. The van der Waals surface area contributed by atoms with E-state index in [9.17, 15) is 9.90 Å². The SMILES string of the molecule is Cn1ccnc1CCC(C)(O)C=O. The number of imidazole rings is 1. The number of carbonyl (C=O) groups excluding carboxylic acids is 1. The van der Waals surface area contributed by atoms with Crippen LogP contribution in [0.4, 0.5) is 0 Å². The van der Waals surface area contributed by atoms with Gasteiger partial charge in [0.1, 0.15) is 11.4 Å². The Morgan fingerprint density at radius 2 is 2.46 bits per heavy atom. The lowest BCUT2D eigenvalue weighted by Crippen LogP contribution is -2.26. The molecule has 0 bridgehead atoms. The Labute approximate surface area is 77.2 Å². The number of aldehydes is 1. The maximum atomic E-state index is 10.4. The molecule has 0 spiro atoms. The standard InChI is InChI=1S/C9H14N2O2/c1-9(13,7-12)4-3-8-10-5-6-11(8)2/h5-7,13H,3-4H2,1-2H3. The van der Waals surface area contributed by atoms with Crippen LogP contribution in [0.3, 0.4) is 0 Å². The lowest BCUT2D eigenvalue weighted by atomic mass is 10.0. The number of hydrogen-bond donors (Lipinski definition) is 1. The summed E-state index contributed by atoms with van der Waals surface area (Å²) in [5, 5.41) is 9.41. The van der Waals surface area contributed by atoms with Gasteiger partial charge in [-0.2, -0.15) is 0 Å². The molecule has 4 nitrogen and oxygen atoms in total. The molecule has 0 saturated carbocycles. The van der Waals surface area contributed by atoms with Crippen molar-refractivity contribution in [2.45, 2.75) is 25.4 Å². The number of aromatic nitrogens is 2. The summed E-state index contributed by atoms with van der Waals surface area (Å²) in [6.45, 7) is 1.50. The summed E-state index contributed by atoms with van der Waals surface area (Å²) < 4.78 is 1.88. The van der Waals surface area contributed by atoms with E-state index in [0.29, 0.717) is 19.1 Å². The summed E-state index contributed by atoms with van der Waals surface area (Å²) in [7, 11) is 1.89. The Kier molecular flexibility index (Phi) is 2.83. The normalized spacial score (nSPS) is 15.3. The van der Waals surface area contributed by atoms with E-state index in [-0.39, 0.29) is 0 Å². The molecular formula is C9H14N2O2. The van der Waals surface area contributed by atoms with Crippen LogP contribution >= 0.6 is 0 Å². The van der Waals surface area contributed by atoms with Crippen LogP contribution in [0.25, 0.3) is 0 Å². The minimum Gasteiger partial charge on any atom is -0.383 e. The molecule has 1 atom stereocenters. The number of aryl methyl sites for hydroxylation is 2. The first-order valence-corrected chi connectivity index (χ1v) is 4.20. The van der Waals surface area contributed by atoms with E-state index in [0.717, 1.165) is 5.82 Å². The monoisotopic (exact) mass is 182 g/mol. The van der Waals surface area contributed by atoms with Crippen molar-refractivity contribution in [2.75, 3.05) is 0 Å². The van der Waals surface area contributed by atoms with Crippen LogP contribution in [-0.2, 0) is 18.3 Å². The molecule has 1 heterocycles. The van der Waals surface area contributed by atoms with Crippen molar-refractivity contribution in [1.82, 2.24) is 9.55 Å². The van der Waals surface area contributed by atoms with Crippen LogP contribution in [0.15, 0.2) is 12.4 Å². The highest BCUT2D eigenvalue weighted by molar-refractivity contribution is 5.61.